The number of piperazine rings is 1. The van der Waals surface area contributed by atoms with E-state index in [1.54, 1.807) is 36.5 Å². The fraction of sp³-hybridized carbons (Fsp3) is 0.273. The van der Waals surface area contributed by atoms with Gasteiger partial charge in [0, 0.05) is 32.7 Å². The largest absolute Gasteiger partial charge is 0.416 e. The third-order valence-corrected chi connectivity index (χ3v) is 5.69. The zero-order valence-electron chi connectivity index (χ0n) is 16.5. The summed E-state index contributed by atoms with van der Waals surface area (Å²) in [7, 11) is 0. The summed E-state index contributed by atoms with van der Waals surface area (Å²) in [5.74, 6) is 0. The Labute approximate surface area is 182 Å². The third-order valence-electron chi connectivity index (χ3n) is 5.33. The molecular formula is C22H20ClF3N4O. The topological polar surface area (TPSA) is 41.4 Å². The van der Waals surface area contributed by atoms with Gasteiger partial charge in [-0.25, -0.2) is 0 Å². The quantitative estimate of drug-likeness (QED) is 0.599. The monoisotopic (exact) mass is 448 g/mol. The molecular weight excluding hydrogens is 429 g/mol. The van der Waals surface area contributed by atoms with Crippen LogP contribution in [0, 0.1) is 0 Å². The van der Waals surface area contributed by atoms with Gasteiger partial charge < -0.3 is 4.90 Å². The average Bonchev–Trinajstić information content (AvgIpc) is 2.77. The van der Waals surface area contributed by atoms with Crippen molar-refractivity contribution in [2.75, 3.05) is 31.1 Å². The van der Waals surface area contributed by atoms with Crippen LogP contribution in [0.2, 0.25) is 5.02 Å². The van der Waals surface area contributed by atoms with E-state index < -0.39 is 17.3 Å². The van der Waals surface area contributed by atoms with E-state index in [0.29, 0.717) is 37.6 Å². The van der Waals surface area contributed by atoms with Crippen molar-refractivity contribution >= 4 is 17.3 Å². The number of benzene rings is 2. The normalized spacial score (nSPS) is 15.3. The van der Waals surface area contributed by atoms with E-state index >= 15 is 0 Å². The van der Waals surface area contributed by atoms with Crippen molar-refractivity contribution in [1.82, 2.24) is 14.7 Å². The van der Waals surface area contributed by atoms with Crippen molar-refractivity contribution in [3.05, 3.63) is 87.3 Å². The lowest BCUT2D eigenvalue weighted by atomic mass is 10.1. The highest BCUT2D eigenvalue weighted by Gasteiger charge is 2.33. The van der Waals surface area contributed by atoms with E-state index in [-0.39, 0.29) is 17.1 Å². The first-order valence-electron chi connectivity index (χ1n) is 9.80. The molecule has 0 bridgehead atoms. The fourth-order valence-corrected chi connectivity index (χ4v) is 3.97. The molecule has 9 heteroatoms. The molecule has 4 rings (SSSR count). The molecule has 1 fully saturated rings. The van der Waals surface area contributed by atoms with Crippen LogP contribution in [0.5, 0.6) is 0 Å². The smallest absolute Gasteiger partial charge is 0.366 e. The summed E-state index contributed by atoms with van der Waals surface area (Å²) in [6, 6.07) is 14.6. The second-order valence-corrected chi connectivity index (χ2v) is 7.69. The molecule has 1 aliphatic heterocycles. The van der Waals surface area contributed by atoms with Gasteiger partial charge in [-0.15, -0.1) is 0 Å². The van der Waals surface area contributed by atoms with Crippen LogP contribution < -0.4 is 10.5 Å². The fourth-order valence-electron chi connectivity index (χ4n) is 3.72. The highest BCUT2D eigenvalue weighted by Crippen LogP contribution is 2.32. The van der Waals surface area contributed by atoms with Crippen LogP contribution in [0.3, 0.4) is 0 Å². The standard InChI is InChI=1S/C22H20ClF3N4O/c23-20-19(14-27-30(21(20)31)17-7-2-1-3-8-17)29-12-10-28(11-13-29)15-16-6-4-5-9-18(16)22(24,25)26/h1-9,14H,10-13,15H2. The second-order valence-electron chi connectivity index (χ2n) is 7.31. The Bertz CT molecular complexity index is 1110. The van der Waals surface area contributed by atoms with Gasteiger partial charge in [-0.3, -0.25) is 9.69 Å². The van der Waals surface area contributed by atoms with Crippen LogP contribution in [0.4, 0.5) is 18.9 Å². The summed E-state index contributed by atoms with van der Waals surface area (Å²) in [6.45, 7) is 2.37. The Morgan fingerprint density at radius 1 is 0.935 bits per heavy atom. The third kappa shape index (κ3) is 4.60. The van der Waals surface area contributed by atoms with Crippen molar-refractivity contribution in [2.45, 2.75) is 12.7 Å². The van der Waals surface area contributed by atoms with Crippen molar-refractivity contribution in [3.63, 3.8) is 0 Å². The zero-order valence-corrected chi connectivity index (χ0v) is 17.3. The minimum Gasteiger partial charge on any atom is -0.366 e. The van der Waals surface area contributed by atoms with Gasteiger partial charge in [0.05, 0.1) is 23.1 Å². The molecule has 2 heterocycles. The van der Waals surface area contributed by atoms with Crippen LogP contribution >= 0.6 is 11.6 Å². The molecule has 3 aromatic rings. The number of para-hydroxylation sites is 1. The Morgan fingerprint density at radius 3 is 2.26 bits per heavy atom. The van der Waals surface area contributed by atoms with Crippen molar-refractivity contribution in [2.24, 2.45) is 0 Å². The van der Waals surface area contributed by atoms with Crippen LogP contribution in [0.1, 0.15) is 11.1 Å². The molecule has 0 atom stereocenters. The van der Waals surface area contributed by atoms with E-state index in [2.05, 4.69) is 5.10 Å². The van der Waals surface area contributed by atoms with Gasteiger partial charge in [-0.2, -0.15) is 23.0 Å². The van der Waals surface area contributed by atoms with Crippen LogP contribution in [-0.2, 0) is 12.7 Å². The van der Waals surface area contributed by atoms with Gasteiger partial charge in [0.2, 0.25) is 0 Å². The average molecular weight is 449 g/mol. The first kappa shape index (κ1) is 21.4. The maximum absolute atomic E-state index is 13.2. The number of anilines is 1. The number of rotatable bonds is 4. The Balaban J connectivity index is 1.47. The maximum Gasteiger partial charge on any atom is 0.416 e. The molecule has 5 nitrogen and oxygen atoms in total. The summed E-state index contributed by atoms with van der Waals surface area (Å²) >= 11 is 6.37. The zero-order chi connectivity index (χ0) is 22.0. The number of hydrogen-bond acceptors (Lipinski definition) is 4. The molecule has 0 saturated carbocycles. The first-order chi connectivity index (χ1) is 14.8. The highest BCUT2D eigenvalue weighted by molar-refractivity contribution is 6.33. The van der Waals surface area contributed by atoms with Crippen molar-refractivity contribution in [1.29, 1.82) is 0 Å². The second kappa shape index (κ2) is 8.72. The number of nitrogens with zero attached hydrogens (tertiary/aromatic N) is 4. The molecule has 0 radical (unpaired) electrons. The molecule has 162 valence electrons. The van der Waals surface area contributed by atoms with Gasteiger partial charge in [-0.05, 0) is 23.8 Å². The predicted molar refractivity (Wildman–Crippen MR) is 114 cm³/mol. The van der Waals surface area contributed by atoms with Gasteiger partial charge in [0.25, 0.3) is 5.56 Å². The molecule has 1 aliphatic rings. The van der Waals surface area contributed by atoms with Gasteiger partial charge in [0.15, 0.2) is 0 Å². The lowest BCUT2D eigenvalue weighted by molar-refractivity contribution is -0.138. The van der Waals surface area contributed by atoms with Crippen LogP contribution in [0.25, 0.3) is 5.69 Å². The summed E-state index contributed by atoms with van der Waals surface area (Å²) < 4.78 is 41.0. The molecule has 1 saturated heterocycles. The number of alkyl halides is 3. The van der Waals surface area contributed by atoms with Gasteiger partial charge in [0.1, 0.15) is 5.02 Å². The van der Waals surface area contributed by atoms with Crippen LogP contribution in [0.15, 0.2) is 65.6 Å². The van der Waals surface area contributed by atoms with Crippen molar-refractivity contribution in [3.8, 4) is 5.69 Å². The molecule has 0 aliphatic carbocycles. The Kier molecular flexibility index (Phi) is 6.02. The lowest BCUT2D eigenvalue weighted by Gasteiger charge is -2.36. The Hall–Kier alpha value is -2.84. The van der Waals surface area contributed by atoms with E-state index in [1.165, 1.54) is 16.8 Å². The number of hydrogen-bond donors (Lipinski definition) is 0. The molecule has 0 unspecified atom stereocenters. The SMILES string of the molecule is O=c1c(Cl)c(N2CCN(Cc3ccccc3C(F)(F)F)CC2)cnn1-c1ccccc1. The summed E-state index contributed by atoms with van der Waals surface area (Å²) in [5.41, 5.74) is 0.401. The number of halogens is 4. The van der Waals surface area contributed by atoms with E-state index in [9.17, 15) is 18.0 Å². The number of aromatic nitrogens is 2. The molecule has 0 N–H and O–H groups in total. The highest BCUT2D eigenvalue weighted by atomic mass is 35.5. The first-order valence-corrected chi connectivity index (χ1v) is 10.2. The van der Waals surface area contributed by atoms with E-state index in [1.807, 2.05) is 15.9 Å². The van der Waals surface area contributed by atoms with Crippen molar-refractivity contribution < 1.29 is 13.2 Å². The molecule has 31 heavy (non-hydrogen) atoms. The Morgan fingerprint density at radius 2 is 1.58 bits per heavy atom. The van der Waals surface area contributed by atoms with E-state index in [4.69, 9.17) is 11.6 Å². The minimum atomic E-state index is -4.37. The molecule has 0 spiro atoms. The van der Waals surface area contributed by atoms with Crippen LogP contribution in [-0.4, -0.2) is 40.9 Å². The van der Waals surface area contributed by atoms with Gasteiger partial charge in [-0.1, -0.05) is 48.0 Å². The summed E-state index contributed by atoms with van der Waals surface area (Å²) in [4.78, 5) is 16.6. The summed E-state index contributed by atoms with van der Waals surface area (Å²) in [5, 5.41) is 4.33. The van der Waals surface area contributed by atoms with Gasteiger partial charge >= 0.3 is 6.18 Å². The molecule has 1 aromatic heterocycles. The predicted octanol–water partition coefficient (Wildman–Crippen LogP) is 4.23. The lowest BCUT2D eigenvalue weighted by Crippen LogP contribution is -2.46. The maximum atomic E-state index is 13.2. The minimum absolute atomic E-state index is 0.0784. The van der Waals surface area contributed by atoms with E-state index in [0.717, 1.165) is 6.07 Å². The molecule has 2 aromatic carbocycles. The summed E-state index contributed by atoms with van der Waals surface area (Å²) in [6.07, 6.45) is -2.81. The molecule has 0 amide bonds.